The van der Waals surface area contributed by atoms with Gasteiger partial charge >= 0.3 is 0 Å². The third-order valence-electron chi connectivity index (χ3n) is 3.73. The minimum absolute atomic E-state index is 0.183. The molecule has 0 aromatic heterocycles. The van der Waals surface area contributed by atoms with Crippen LogP contribution in [-0.2, 0) is 9.53 Å². The van der Waals surface area contributed by atoms with E-state index >= 15 is 0 Å². The molecule has 2 heterocycles. The van der Waals surface area contributed by atoms with Crippen LogP contribution in [0.4, 0.5) is 0 Å². The highest BCUT2D eigenvalue weighted by Crippen LogP contribution is 2.25. The third kappa shape index (κ3) is 2.38. The zero-order valence-corrected chi connectivity index (χ0v) is 10.0. The predicted molar refractivity (Wildman–Crippen MR) is 61.9 cm³/mol. The van der Waals surface area contributed by atoms with Crippen LogP contribution in [0.2, 0.25) is 0 Å². The Morgan fingerprint density at radius 3 is 2.88 bits per heavy atom. The number of hydrogen-bond donors (Lipinski definition) is 1. The van der Waals surface area contributed by atoms with Crippen molar-refractivity contribution in [2.45, 2.75) is 44.8 Å². The molecule has 3 atom stereocenters. The van der Waals surface area contributed by atoms with Crippen LogP contribution in [0.25, 0.3) is 0 Å². The van der Waals surface area contributed by atoms with Crippen LogP contribution in [0.5, 0.6) is 0 Å². The fourth-order valence-electron chi connectivity index (χ4n) is 2.74. The molecule has 2 aliphatic rings. The van der Waals surface area contributed by atoms with E-state index in [1.807, 2.05) is 4.90 Å². The zero-order chi connectivity index (χ0) is 11.5. The number of amides is 1. The molecular formula is C12H22N2O2. The Morgan fingerprint density at radius 2 is 2.31 bits per heavy atom. The molecule has 1 amide bonds. The lowest BCUT2D eigenvalue weighted by Gasteiger charge is -2.29. The molecule has 2 aliphatic heterocycles. The fourth-order valence-corrected chi connectivity index (χ4v) is 2.74. The summed E-state index contributed by atoms with van der Waals surface area (Å²) in [6.45, 7) is 4.34. The highest BCUT2D eigenvalue weighted by Gasteiger charge is 2.35. The van der Waals surface area contributed by atoms with Crippen LogP contribution in [-0.4, -0.2) is 42.6 Å². The predicted octanol–water partition coefficient (Wildman–Crippen LogP) is 0.751. The first-order valence-electron chi connectivity index (χ1n) is 6.34. The molecular weight excluding hydrogens is 204 g/mol. The van der Waals surface area contributed by atoms with Crippen molar-refractivity contribution in [3.63, 3.8) is 0 Å². The molecule has 92 valence electrons. The summed E-state index contributed by atoms with van der Waals surface area (Å²) in [7, 11) is 0. The average Bonchev–Trinajstić information content (AvgIpc) is 2.71. The molecule has 4 nitrogen and oxygen atoms in total. The second kappa shape index (κ2) is 5.15. The van der Waals surface area contributed by atoms with E-state index < -0.39 is 0 Å². The SMILES string of the molecule is CC1CC(CN)CN1C(=O)C1CCCCO1. The second-order valence-corrected chi connectivity index (χ2v) is 5.03. The number of carbonyl (C=O) groups excluding carboxylic acids is 1. The van der Waals surface area contributed by atoms with E-state index in [0.29, 0.717) is 18.5 Å². The Kier molecular flexibility index (Phi) is 3.82. The average molecular weight is 226 g/mol. The number of ether oxygens (including phenoxy) is 1. The number of carbonyl (C=O) groups is 1. The third-order valence-corrected chi connectivity index (χ3v) is 3.73. The van der Waals surface area contributed by atoms with E-state index in [0.717, 1.165) is 38.8 Å². The maximum atomic E-state index is 12.2. The van der Waals surface area contributed by atoms with E-state index in [1.54, 1.807) is 0 Å². The molecule has 0 bridgehead atoms. The van der Waals surface area contributed by atoms with Crippen LogP contribution < -0.4 is 5.73 Å². The molecule has 2 fully saturated rings. The largest absolute Gasteiger partial charge is 0.368 e. The topological polar surface area (TPSA) is 55.6 Å². The summed E-state index contributed by atoms with van der Waals surface area (Å²) in [4.78, 5) is 14.2. The molecule has 0 aromatic rings. The lowest BCUT2D eigenvalue weighted by atomic mass is 10.1. The molecule has 4 heteroatoms. The summed E-state index contributed by atoms with van der Waals surface area (Å²) < 4.78 is 5.55. The normalized spacial score (nSPS) is 35.4. The highest BCUT2D eigenvalue weighted by atomic mass is 16.5. The van der Waals surface area contributed by atoms with Crippen LogP contribution in [0, 0.1) is 5.92 Å². The van der Waals surface area contributed by atoms with Gasteiger partial charge in [0, 0.05) is 19.2 Å². The Hall–Kier alpha value is -0.610. The van der Waals surface area contributed by atoms with Crippen molar-refractivity contribution in [2.75, 3.05) is 19.7 Å². The summed E-state index contributed by atoms with van der Waals surface area (Å²) in [6.07, 6.45) is 3.93. The summed E-state index contributed by atoms with van der Waals surface area (Å²) >= 11 is 0. The molecule has 2 rings (SSSR count). The molecule has 16 heavy (non-hydrogen) atoms. The highest BCUT2D eigenvalue weighted by molar-refractivity contribution is 5.81. The van der Waals surface area contributed by atoms with Gasteiger partial charge in [0.25, 0.3) is 5.91 Å². The number of hydrogen-bond acceptors (Lipinski definition) is 3. The van der Waals surface area contributed by atoms with Crippen LogP contribution >= 0.6 is 0 Å². The Morgan fingerprint density at radius 1 is 1.50 bits per heavy atom. The van der Waals surface area contributed by atoms with E-state index in [9.17, 15) is 4.79 Å². The monoisotopic (exact) mass is 226 g/mol. The maximum Gasteiger partial charge on any atom is 0.251 e. The number of likely N-dealkylation sites (tertiary alicyclic amines) is 1. The molecule has 3 unspecified atom stereocenters. The van der Waals surface area contributed by atoms with E-state index in [4.69, 9.17) is 10.5 Å². The number of nitrogens with two attached hydrogens (primary N) is 1. The minimum atomic E-state index is -0.187. The standard InChI is InChI=1S/C12H22N2O2/c1-9-6-10(7-13)8-14(9)12(15)11-4-2-3-5-16-11/h9-11H,2-8,13H2,1H3. The van der Waals surface area contributed by atoms with Crippen LogP contribution in [0.15, 0.2) is 0 Å². The fraction of sp³-hybridized carbons (Fsp3) is 0.917. The van der Waals surface area contributed by atoms with Gasteiger partial charge in [-0.2, -0.15) is 0 Å². The summed E-state index contributed by atoms with van der Waals surface area (Å²) in [5, 5.41) is 0. The first-order chi connectivity index (χ1) is 7.72. The summed E-state index contributed by atoms with van der Waals surface area (Å²) in [5.41, 5.74) is 5.67. The van der Waals surface area contributed by atoms with Crippen molar-refractivity contribution in [3.05, 3.63) is 0 Å². The van der Waals surface area contributed by atoms with E-state index in [1.165, 1.54) is 0 Å². The molecule has 0 aromatic carbocycles. The van der Waals surface area contributed by atoms with Gasteiger partial charge in [-0.25, -0.2) is 0 Å². The summed E-state index contributed by atoms with van der Waals surface area (Å²) in [6, 6.07) is 0.326. The second-order valence-electron chi connectivity index (χ2n) is 5.03. The van der Waals surface area contributed by atoms with Gasteiger partial charge in [0.1, 0.15) is 6.10 Å². The van der Waals surface area contributed by atoms with Gasteiger partial charge < -0.3 is 15.4 Å². The number of nitrogens with zero attached hydrogens (tertiary/aromatic N) is 1. The van der Waals surface area contributed by atoms with E-state index in [2.05, 4.69) is 6.92 Å². The Balaban J connectivity index is 1.93. The van der Waals surface area contributed by atoms with Gasteiger partial charge in [-0.1, -0.05) is 0 Å². The molecule has 0 saturated carbocycles. The van der Waals surface area contributed by atoms with Gasteiger partial charge in [-0.05, 0) is 45.1 Å². The maximum absolute atomic E-state index is 12.2. The van der Waals surface area contributed by atoms with Gasteiger partial charge in [0.2, 0.25) is 0 Å². The zero-order valence-electron chi connectivity index (χ0n) is 10.0. The van der Waals surface area contributed by atoms with Crippen LogP contribution in [0.3, 0.4) is 0 Å². The van der Waals surface area contributed by atoms with Crippen molar-refractivity contribution in [3.8, 4) is 0 Å². The molecule has 2 N–H and O–H groups in total. The van der Waals surface area contributed by atoms with Crippen molar-refractivity contribution in [2.24, 2.45) is 11.7 Å². The first-order valence-corrected chi connectivity index (χ1v) is 6.34. The Bertz CT molecular complexity index is 251. The first kappa shape index (κ1) is 11.9. The van der Waals surface area contributed by atoms with Crippen molar-refractivity contribution < 1.29 is 9.53 Å². The van der Waals surface area contributed by atoms with Gasteiger partial charge in [0.05, 0.1) is 0 Å². The molecule has 0 aliphatic carbocycles. The smallest absolute Gasteiger partial charge is 0.251 e. The molecule has 2 saturated heterocycles. The van der Waals surface area contributed by atoms with Crippen molar-refractivity contribution >= 4 is 5.91 Å². The summed E-state index contributed by atoms with van der Waals surface area (Å²) in [5.74, 6) is 0.658. The Labute approximate surface area is 97.1 Å². The molecule has 0 spiro atoms. The molecule has 0 radical (unpaired) electrons. The van der Waals surface area contributed by atoms with Gasteiger partial charge in [0.15, 0.2) is 0 Å². The van der Waals surface area contributed by atoms with Crippen LogP contribution in [0.1, 0.15) is 32.6 Å². The minimum Gasteiger partial charge on any atom is -0.368 e. The van der Waals surface area contributed by atoms with Gasteiger partial charge in [-0.15, -0.1) is 0 Å². The van der Waals surface area contributed by atoms with Gasteiger partial charge in [-0.3, -0.25) is 4.79 Å². The number of rotatable bonds is 2. The van der Waals surface area contributed by atoms with Crippen molar-refractivity contribution in [1.82, 2.24) is 4.90 Å². The quantitative estimate of drug-likeness (QED) is 0.756. The lowest BCUT2D eigenvalue weighted by Crippen LogP contribution is -2.43. The van der Waals surface area contributed by atoms with E-state index in [-0.39, 0.29) is 12.0 Å². The lowest BCUT2D eigenvalue weighted by molar-refractivity contribution is -0.147. The van der Waals surface area contributed by atoms with Crippen molar-refractivity contribution in [1.29, 1.82) is 0 Å².